The van der Waals surface area contributed by atoms with Crippen molar-refractivity contribution < 1.29 is 118 Å². The van der Waals surface area contributed by atoms with Crippen molar-refractivity contribution in [1.29, 1.82) is 0 Å². The Balaban J connectivity index is -0.00000363. The van der Waals surface area contributed by atoms with Crippen LogP contribution in [0.3, 0.4) is 0 Å². The number of nitrogens with zero attached hydrogens (tertiary/aromatic N) is 3. The summed E-state index contributed by atoms with van der Waals surface area (Å²) in [6, 6.07) is 0. The second kappa shape index (κ2) is 26.4. The third-order valence-corrected chi connectivity index (χ3v) is 4.82. The Morgan fingerprint density at radius 1 is 0.528 bits per heavy atom. The van der Waals surface area contributed by atoms with Gasteiger partial charge in [-0.3, -0.25) is 0 Å². The number of carbonyl (C=O) groups excluding carboxylic acids is 3. The van der Waals surface area contributed by atoms with Crippen molar-refractivity contribution in [3.8, 4) is 0 Å². The van der Waals surface area contributed by atoms with Gasteiger partial charge in [-0.2, -0.15) is 0 Å². The van der Waals surface area contributed by atoms with Crippen LogP contribution in [0, 0.1) is 0 Å². The van der Waals surface area contributed by atoms with Crippen LogP contribution in [0.25, 0.3) is 0 Å². The molecule has 1 rings (SSSR count). The number of rotatable bonds is 21. The minimum Gasteiger partial charge on any atom is -0.550 e. The standard InChI is InChI=1S/C21H36N6O6.3Na/c28-16(29)10-4-1-7-13-22-19-20(23-14-8-2-5-11-17(30)31)25-27-26-21(19)24-15-9-3-6-12-18(32)33;;;/h1-15H2,(H,22,27)(H,28,29)(H,30,31)(H,32,33)(H2,23,24,25,26);;;/q;3*+1/p-3. The molecule has 1 heterocycles. The largest absolute Gasteiger partial charge is 1.00 e. The molecule has 0 saturated heterocycles. The molecular weight excluding hydrogens is 501 g/mol. The molecule has 0 unspecified atom stereocenters. The van der Waals surface area contributed by atoms with Crippen LogP contribution in [0.15, 0.2) is 0 Å². The van der Waals surface area contributed by atoms with Crippen LogP contribution in [0.2, 0.25) is 0 Å². The van der Waals surface area contributed by atoms with Crippen LogP contribution in [0.4, 0.5) is 17.3 Å². The average molecular weight is 535 g/mol. The van der Waals surface area contributed by atoms with Crippen molar-refractivity contribution in [2.75, 3.05) is 35.6 Å². The molecule has 1 aromatic rings. The van der Waals surface area contributed by atoms with E-state index in [1.165, 1.54) is 0 Å². The number of carbonyl (C=O) groups is 3. The first kappa shape index (κ1) is 40.3. The number of aromatic nitrogens is 3. The van der Waals surface area contributed by atoms with E-state index in [9.17, 15) is 29.7 Å². The average Bonchev–Trinajstić information content (AvgIpc) is 2.75. The maximum atomic E-state index is 10.5. The van der Waals surface area contributed by atoms with Crippen LogP contribution in [-0.4, -0.2) is 53.0 Å². The fourth-order valence-corrected chi connectivity index (χ4v) is 3.08. The normalized spacial score (nSPS) is 9.67. The number of hydrogen-bond acceptors (Lipinski definition) is 12. The Bertz CT molecular complexity index is 704. The zero-order chi connectivity index (χ0) is 24.3. The molecule has 1 aromatic heterocycles. The van der Waals surface area contributed by atoms with Gasteiger partial charge in [-0.1, -0.05) is 19.3 Å². The van der Waals surface area contributed by atoms with Crippen molar-refractivity contribution in [2.45, 2.75) is 77.0 Å². The Morgan fingerprint density at radius 2 is 0.861 bits per heavy atom. The molecule has 0 fully saturated rings. The summed E-state index contributed by atoms with van der Waals surface area (Å²) in [5, 5.41) is 53.1. The maximum absolute atomic E-state index is 10.5. The second-order valence-corrected chi connectivity index (χ2v) is 7.69. The quantitative estimate of drug-likeness (QED) is 0.0997. The smallest absolute Gasteiger partial charge is 0.550 e. The Labute approximate surface area is 278 Å². The molecule has 12 nitrogen and oxygen atoms in total. The molecule has 0 amide bonds. The predicted octanol–water partition coefficient (Wildman–Crippen LogP) is -9.95. The van der Waals surface area contributed by atoms with Gasteiger partial charge in [0, 0.05) is 37.5 Å². The minimum absolute atomic E-state index is 0. The fourth-order valence-electron chi connectivity index (χ4n) is 3.08. The topological polar surface area (TPSA) is 195 Å². The summed E-state index contributed by atoms with van der Waals surface area (Å²) < 4.78 is 0. The van der Waals surface area contributed by atoms with E-state index >= 15 is 0 Å². The van der Waals surface area contributed by atoms with Gasteiger partial charge >= 0.3 is 88.7 Å². The maximum Gasteiger partial charge on any atom is 1.00 e. The second-order valence-electron chi connectivity index (χ2n) is 7.69. The summed E-state index contributed by atoms with van der Waals surface area (Å²) in [4.78, 5) is 31.5. The molecule has 0 aromatic carbocycles. The molecule has 0 spiro atoms. The zero-order valence-electron chi connectivity index (χ0n) is 21.9. The zero-order valence-corrected chi connectivity index (χ0v) is 27.9. The molecule has 0 atom stereocenters. The number of nitrogens with one attached hydrogen (secondary N) is 3. The summed E-state index contributed by atoms with van der Waals surface area (Å²) in [5.74, 6) is -2.13. The van der Waals surface area contributed by atoms with Crippen molar-refractivity contribution in [2.24, 2.45) is 0 Å². The number of carboxylic acids is 3. The predicted molar refractivity (Wildman–Crippen MR) is 116 cm³/mol. The van der Waals surface area contributed by atoms with E-state index in [2.05, 4.69) is 31.4 Å². The molecular formula is C21H33N6Na3O6. The first-order chi connectivity index (χ1) is 15.9. The molecule has 15 heteroatoms. The molecule has 0 saturated carbocycles. The minimum atomic E-state index is -1.05. The number of anilines is 3. The first-order valence-electron chi connectivity index (χ1n) is 11.4. The van der Waals surface area contributed by atoms with Crippen molar-refractivity contribution in [3.63, 3.8) is 0 Å². The number of carboxylic acid groups (broad SMARTS) is 3. The van der Waals surface area contributed by atoms with Crippen LogP contribution < -0.4 is 120 Å². The summed E-state index contributed by atoms with van der Waals surface area (Å²) in [7, 11) is 0. The van der Waals surface area contributed by atoms with Gasteiger partial charge < -0.3 is 45.7 Å². The van der Waals surface area contributed by atoms with Crippen LogP contribution in [-0.2, 0) is 14.4 Å². The van der Waals surface area contributed by atoms with E-state index in [4.69, 9.17) is 0 Å². The SMILES string of the molecule is O=C([O-])CCCCCNc1nnnc(NCCCCCC(=O)[O-])c1NCCCCCC(=O)[O-].[Na+].[Na+].[Na+]. The van der Waals surface area contributed by atoms with E-state index in [1.807, 2.05) is 0 Å². The van der Waals surface area contributed by atoms with Crippen molar-refractivity contribution in [1.82, 2.24) is 15.4 Å². The summed E-state index contributed by atoms with van der Waals surface area (Å²) >= 11 is 0. The molecule has 36 heavy (non-hydrogen) atoms. The van der Waals surface area contributed by atoms with Gasteiger partial charge in [0.05, 0.1) is 0 Å². The Kier molecular flexibility index (Phi) is 29.6. The van der Waals surface area contributed by atoms with Gasteiger partial charge in [-0.15, -0.1) is 10.2 Å². The van der Waals surface area contributed by atoms with Crippen LogP contribution in [0.5, 0.6) is 0 Å². The van der Waals surface area contributed by atoms with E-state index in [0.29, 0.717) is 56.2 Å². The third-order valence-electron chi connectivity index (χ3n) is 4.82. The van der Waals surface area contributed by atoms with Crippen molar-refractivity contribution in [3.05, 3.63) is 0 Å². The number of hydrogen-bond donors (Lipinski definition) is 3. The van der Waals surface area contributed by atoms with Gasteiger partial charge in [-0.25, -0.2) is 0 Å². The molecule has 0 aliphatic rings. The van der Waals surface area contributed by atoms with Gasteiger partial charge in [0.1, 0.15) is 5.69 Å². The molecule has 0 aliphatic heterocycles. The Hall–Kier alpha value is -0.180. The van der Waals surface area contributed by atoms with Gasteiger partial charge in [0.15, 0.2) is 11.6 Å². The van der Waals surface area contributed by atoms with E-state index < -0.39 is 17.9 Å². The van der Waals surface area contributed by atoms with Gasteiger partial charge in [-0.05, 0) is 63.0 Å². The summed E-state index contributed by atoms with van der Waals surface area (Å²) in [6.45, 7) is 1.74. The Morgan fingerprint density at radius 3 is 1.19 bits per heavy atom. The third kappa shape index (κ3) is 21.9. The molecule has 0 radical (unpaired) electrons. The summed E-state index contributed by atoms with van der Waals surface area (Å²) in [6.07, 6.45) is 6.21. The van der Waals surface area contributed by atoms with Gasteiger partial charge in [0.25, 0.3) is 0 Å². The van der Waals surface area contributed by atoms with E-state index in [0.717, 1.165) is 38.5 Å². The molecule has 0 aliphatic carbocycles. The monoisotopic (exact) mass is 534 g/mol. The molecule has 0 bridgehead atoms. The molecule has 186 valence electrons. The first-order valence-corrected chi connectivity index (χ1v) is 11.4. The molecule has 3 N–H and O–H groups in total. The number of unbranched alkanes of at least 4 members (excludes halogenated alkanes) is 6. The fraction of sp³-hybridized carbons (Fsp3) is 0.714. The number of aliphatic carboxylic acids is 3. The van der Waals surface area contributed by atoms with E-state index in [1.54, 1.807) is 0 Å². The van der Waals surface area contributed by atoms with Crippen LogP contribution in [0.1, 0.15) is 77.0 Å². The van der Waals surface area contributed by atoms with Crippen molar-refractivity contribution >= 4 is 35.2 Å². The van der Waals surface area contributed by atoms with E-state index in [-0.39, 0.29) is 108 Å². The van der Waals surface area contributed by atoms with Gasteiger partial charge in [0.2, 0.25) is 0 Å². The summed E-state index contributed by atoms with van der Waals surface area (Å²) in [5.41, 5.74) is 0.648. The van der Waals surface area contributed by atoms with Crippen LogP contribution >= 0.6 is 0 Å².